The second kappa shape index (κ2) is 3.57. The summed E-state index contributed by atoms with van der Waals surface area (Å²) in [5.74, 6) is 1.50. The molecule has 2 rings (SSSR count). The third-order valence-electron chi connectivity index (χ3n) is 3.11. The number of carbonyl (C=O) groups excluding carboxylic acids is 2. The van der Waals surface area contributed by atoms with Crippen LogP contribution in [-0.2, 0) is 9.59 Å². The van der Waals surface area contributed by atoms with Crippen LogP contribution < -0.4 is 0 Å². The number of hydrogen-bond acceptors (Lipinski definition) is 3. The Balaban J connectivity index is 2.13. The molecule has 0 saturated carbocycles. The summed E-state index contributed by atoms with van der Waals surface area (Å²) in [5, 5.41) is 0.287. The van der Waals surface area contributed by atoms with Gasteiger partial charge >= 0.3 is 0 Å². The van der Waals surface area contributed by atoms with Crippen LogP contribution in [0.2, 0.25) is 0 Å². The maximum absolute atomic E-state index is 11.7. The molecule has 3 nitrogen and oxygen atoms in total. The third-order valence-corrected chi connectivity index (χ3v) is 4.48. The van der Waals surface area contributed by atoms with E-state index in [4.69, 9.17) is 0 Å². The van der Waals surface area contributed by atoms with Gasteiger partial charge in [0.05, 0.1) is 17.3 Å². The minimum Gasteiger partial charge on any atom is -0.320 e. The fourth-order valence-corrected chi connectivity index (χ4v) is 3.85. The summed E-state index contributed by atoms with van der Waals surface area (Å²) in [6.45, 7) is 3.63. The van der Waals surface area contributed by atoms with Crippen molar-refractivity contribution in [3.05, 3.63) is 0 Å². The normalized spacial score (nSPS) is 36.3. The molecule has 0 aliphatic carbocycles. The van der Waals surface area contributed by atoms with Gasteiger partial charge in [0, 0.05) is 0 Å². The Kier molecular flexibility index (Phi) is 2.56. The van der Waals surface area contributed by atoms with Crippen LogP contribution in [0.5, 0.6) is 0 Å². The minimum atomic E-state index is -0.128. The monoisotopic (exact) mass is 213 g/mol. The van der Waals surface area contributed by atoms with Crippen molar-refractivity contribution in [1.82, 2.24) is 4.90 Å². The van der Waals surface area contributed by atoms with Crippen LogP contribution in [0.3, 0.4) is 0 Å². The second-order valence-corrected chi connectivity index (χ2v) is 5.16. The van der Waals surface area contributed by atoms with E-state index in [2.05, 4.69) is 0 Å². The van der Waals surface area contributed by atoms with Gasteiger partial charge in [0.2, 0.25) is 5.91 Å². The molecule has 2 heterocycles. The third kappa shape index (κ3) is 1.28. The summed E-state index contributed by atoms with van der Waals surface area (Å²) in [6.07, 6.45) is 1.73. The molecule has 0 spiro atoms. The number of β-lactam (4-membered cyclic amide) rings is 1. The number of hydrogen-bond donors (Lipinski definition) is 0. The van der Waals surface area contributed by atoms with Crippen molar-refractivity contribution in [3.63, 3.8) is 0 Å². The minimum absolute atomic E-state index is 0.128. The molecule has 2 saturated heterocycles. The maximum atomic E-state index is 11.7. The molecule has 0 aromatic heterocycles. The lowest BCUT2D eigenvalue weighted by Gasteiger charge is -2.52. The molecule has 4 heteroatoms. The Morgan fingerprint density at radius 3 is 2.93 bits per heavy atom. The highest BCUT2D eigenvalue weighted by Gasteiger charge is 2.52. The lowest BCUT2D eigenvalue weighted by Crippen LogP contribution is -2.66. The van der Waals surface area contributed by atoms with Crippen molar-refractivity contribution in [2.45, 2.75) is 38.1 Å². The van der Waals surface area contributed by atoms with E-state index in [1.807, 2.05) is 18.7 Å². The fourth-order valence-electron chi connectivity index (χ4n) is 2.29. The van der Waals surface area contributed by atoms with Crippen LogP contribution in [-0.4, -0.2) is 33.8 Å². The second-order valence-electron chi connectivity index (χ2n) is 3.94. The van der Waals surface area contributed by atoms with E-state index >= 15 is 0 Å². The van der Waals surface area contributed by atoms with Gasteiger partial charge in [0.15, 0.2) is 5.78 Å². The molecular formula is C10H15NO2S. The van der Waals surface area contributed by atoms with Crippen LogP contribution in [0.4, 0.5) is 0 Å². The number of carbonyl (C=O) groups is 2. The van der Waals surface area contributed by atoms with Crippen molar-refractivity contribution in [3.8, 4) is 0 Å². The molecule has 78 valence electrons. The van der Waals surface area contributed by atoms with Gasteiger partial charge in [-0.1, -0.05) is 6.92 Å². The van der Waals surface area contributed by atoms with E-state index in [0.29, 0.717) is 0 Å². The summed E-state index contributed by atoms with van der Waals surface area (Å²) in [5.41, 5.74) is 0. The first-order valence-electron chi connectivity index (χ1n) is 5.11. The number of ketones is 1. The first kappa shape index (κ1) is 10.0. The van der Waals surface area contributed by atoms with E-state index in [-0.39, 0.29) is 29.0 Å². The van der Waals surface area contributed by atoms with Crippen molar-refractivity contribution in [2.24, 2.45) is 5.92 Å². The molecule has 14 heavy (non-hydrogen) atoms. The Hall–Kier alpha value is -0.510. The quantitative estimate of drug-likeness (QED) is 0.648. The molecule has 0 N–H and O–H groups in total. The Morgan fingerprint density at radius 1 is 1.64 bits per heavy atom. The average Bonchev–Trinajstić information content (AvgIpc) is 2.16. The van der Waals surface area contributed by atoms with Crippen LogP contribution in [0.25, 0.3) is 0 Å². The lowest BCUT2D eigenvalue weighted by atomic mass is 9.91. The molecule has 1 amide bonds. The van der Waals surface area contributed by atoms with Crippen molar-refractivity contribution in [1.29, 1.82) is 0 Å². The van der Waals surface area contributed by atoms with Gasteiger partial charge in [-0.25, -0.2) is 0 Å². The molecule has 2 aliphatic rings. The molecule has 0 aromatic rings. The molecule has 3 unspecified atom stereocenters. The van der Waals surface area contributed by atoms with Gasteiger partial charge in [-0.05, 0) is 25.5 Å². The molecule has 0 aromatic carbocycles. The Morgan fingerprint density at radius 2 is 2.36 bits per heavy atom. The average molecular weight is 213 g/mol. The van der Waals surface area contributed by atoms with Gasteiger partial charge in [-0.3, -0.25) is 9.59 Å². The predicted molar refractivity (Wildman–Crippen MR) is 56.0 cm³/mol. The Bertz CT molecular complexity index is 279. The molecule has 0 radical (unpaired) electrons. The molecule has 2 aliphatic heterocycles. The van der Waals surface area contributed by atoms with Crippen molar-refractivity contribution >= 4 is 23.5 Å². The first-order valence-corrected chi connectivity index (χ1v) is 6.16. The fraction of sp³-hybridized carbons (Fsp3) is 0.800. The first-order chi connectivity index (χ1) is 6.66. The van der Waals surface area contributed by atoms with E-state index in [0.717, 1.165) is 18.6 Å². The van der Waals surface area contributed by atoms with Gasteiger partial charge in [0.25, 0.3) is 0 Å². The molecule has 0 bridgehead atoms. The van der Waals surface area contributed by atoms with Crippen molar-refractivity contribution in [2.75, 3.05) is 5.75 Å². The highest BCUT2D eigenvalue weighted by atomic mass is 32.2. The molecule has 2 fully saturated rings. The summed E-state index contributed by atoms with van der Waals surface area (Å²) in [4.78, 5) is 24.8. The standard InChI is InChI=1S/C10H15NO2S/c1-3-7-9(13)11-8(6(2)12)4-5-14-10(7)11/h7-8,10H,3-5H2,1-2H3. The predicted octanol–water partition coefficient (Wildman–Crippen LogP) is 1.28. The van der Waals surface area contributed by atoms with Gasteiger partial charge in [0.1, 0.15) is 0 Å². The number of fused-ring (bicyclic) bond motifs is 1. The number of thioether (sulfide) groups is 1. The SMILES string of the molecule is CCC1C(=O)N2C(C(C)=O)CCSC12. The van der Waals surface area contributed by atoms with Gasteiger partial charge in [-0.15, -0.1) is 11.8 Å². The smallest absolute Gasteiger partial charge is 0.230 e. The highest BCUT2D eigenvalue weighted by Crippen LogP contribution is 2.43. The zero-order chi connectivity index (χ0) is 10.3. The molecule has 3 atom stereocenters. The topological polar surface area (TPSA) is 37.4 Å². The number of Topliss-reactive ketones (excluding diaryl/α,β-unsaturated/α-hetero) is 1. The number of rotatable bonds is 2. The van der Waals surface area contributed by atoms with Crippen LogP contribution in [0.1, 0.15) is 26.7 Å². The van der Waals surface area contributed by atoms with Gasteiger partial charge < -0.3 is 4.90 Å². The Labute approximate surface area is 88.2 Å². The summed E-state index contributed by atoms with van der Waals surface area (Å²) in [7, 11) is 0. The van der Waals surface area contributed by atoms with E-state index < -0.39 is 0 Å². The number of nitrogens with zero attached hydrogens (tertiary/aromatic N) is 1. The highest BCUT2D eigenvalue weighted by molar-refractivity contribution is 8.00. The largest absolute Gasteiger partial charge is 0.320 e. The van der Waals surface area contributed by atoms with Crippen LogP contribution in [0, 0.1) is 5.92 Å². The van der Waals surface area contributed by atoms with Crippen molar-refractivity contribution < 1.29 is 9.59 Å². The zero-order valence-corrected chi connectivity index (χ0v) is 9.34. The lowest BCUT2D eigenvalue weighted by molar-refractivity contribution is -0.158. The van der Waals surface area contributed by atoms with E-state index in [9.17, 15) is 9.59 Å². The maximum Gasteiger partial charge on any atom is 0.230 e. The summed E-state index contributed by atoms with van der Waals surface area (Å²) >= 11 is 1.82. The zero-order valence-electron chi connectivity index (χ0n) is 8.53. The van der Waals surface area contributed by atoms with Crippen LogP contribution >= 0.6 is 11.8 Å². The van der Waals surface area contributed by atoms with E-state index in [1.165, 1.54) is 0 Å². The van der Waals surface area contributed by atoms with Gasteiger partial charge in [-0.2, -0.15) is 0 Å². The summed E-state index contributed by atoms with van der Waals surface area (Å²) in [6, 6.07) is -0.128. The summed E-state index contributed by atoms with van der Waals surface area (Å²) < 4.78 is 0. The van der Waals surface area contributed by atoms with E-state index in [1.54, 1.807) is 11.8 Å². The molecular weight excluding hydrogens is 198 g/mol. The number of amides is 1. The van der Waals surface area contributed by atoms with Crippen LogP contribution in [0.15, 0.2) is 0 Å².